The molecule has 4 heteroatoms. The van der Waals surface area contributed by atoms with E-state index in [1.165, 1.54) is 12.7 Å². The molecule has 0 saturated carbocycles. The summed E-state index contributed by atoms with van der Waals surface area (Å²) in [5.74, 6) is 1.36. The maximum absolute atomic E-state index is 11.6. The fourth-order valence-electron chi connectivity index (χ4n) is 1.95. The van der Waals surface area contributed by atoms with Crippen LogP contribution in [0.2, 0.25) is 0 Å². The van der Waals surface area contributed by atoms with Crippen molar-refractivity contribution in [3.8, 4) is 0 Å². The van der Waals surface area contributed by atoms with Crippen molar-refractivity contribution in [1.82, 2.24) is 5.32 Å². The van der Waals surface area contributed by atoms with Gasteiger partial charge in [-0.05, 0) is 12.5 Å². The lowest BCUT2D eigenvalue weighted by Crippen LogP contribution is -2.21. The Morgan fingerprint density at radius 3 is 2.72 bits per heavy atom. The first-order valence-electron chi connectivity index (χ1n) is 5.92. The highest BCUT2D eigenvalue weighted by atomic mass is 32.2. The van der Waals surface area contributed by atoms with Crippen molar-refractivity contribution in [1.29, 1.82) is 0 Å². The Labute approximate surface area is 112 Å². The second-order valence-electron chi connectivity index (χ2n) is 4.22. The Kier molecular flexibility index (Phi) is 4.31. The van der Waals surface area contributed by atoms with E-state index in [4.69, 9.17) is 4.74 Å². The van der Waals surface area contributed by atoms with Crippen LogP contribution >= 0.6 is 11.8 Å². The number of thioether (sulfide) groups is 1. The molecule has 0 fully saturated rings. The highest BCUT2D eigenvalue weighted by molar-refractivity contribution is 7.99. The number of rotatable bonds is 4. The van der Waals surface area contributed by atoms with Crippen LogP contribution in [0.4, 0.5) is 0 Å². The van der Waals surface area contributed by atoms with Gasteiger partial charge in [0.25, 0.3) is 0 Å². The number of hydrogen-bond donors (Lipinski definition) is 1. The monoisotopic (exact) mass is 263 g/mol. The number of ether oxygens (including phenoxy) is 1. The van der Waals surface area contributed by atoms with Crippen molar-refractivity contribution < 1.29 is 9.53 Å². The third kappa shape index (κ3) is 2.88. The molecule has 1 aromatic carbocycles. The molecule has 0 bridgehead atoms. The van der Waals surface area contributed by atoms with Crippen molar-refractivity contribution in [3.63, 3.8) is 0 Å². The molecule has 0 saturated heterocycles. The fourth-order valence-corrected chi connectivity index (χ4v) is 3.01. The summed E-state index contributed by atoms with van der Waals surface area (Å²) in [5, 5.41) is 3.42. The number of nitrogens with one attached hydrogen (secondary N) is 1. The molecule has 0 spiro atoms. The summed E-state index contributed by atoms with van der Waals surface area (Å²) >= 11 is 1.73. The summed E-state index contributed by atoms with van der Waals surface area (Å²) in [7, 11) is 1.43. The van der Waals surface area contributed by atoms with E-state index in [0.29, 0.717) is 0 Å². The second-order valence-corrected chi connectivity index (χ2v) is 5.20. The van der Waals surface area contributed by atoms with E-state index in [1.54, 1.807) is 11.8 Å². The zero-order valence-corrected chi connectivity index (χ0v) is 11.4. The highest BCUT2D eigenvalue weighted by Gasteiger charge is 2.23. The van der Waals surface area contributed by atoms with Gasteiger partial charge < -0.3 is 10.1 Å². The third-order valence-corrected chi connectivity index (χ3v) is 3.96. The Balaban J connectivity index is 2.11. The van der Waals surface area contributed by atoms with E-state index in [9.17, 15) is 4.79 Å². The van der Waals surface area contributed by atoms with Crippen molar-refractivity contribution in [2.75, 3.05) is 18.6 Å². The van der Waals surface area contributed by atoms with E-state index >= 15 is 0 Å². The summed E-state index contributed by atoms with van der Waals surface area (Å²) in [6, 6.07) is 10.4. The van der Waals surface area contributed by atoms with E-state index in [0.717, 1.165) is 22.8 Å². The largest absolute Gasteiger partial charge is 0.466 e. The van der Waals surface area contributed by atoms with Gasteiger partial charge in [0.15, 0.2) is 0 Å². The van der Waals surface area contributed by atoms with Crippen molar-refractivity contribution in [3.05, 3.63) is 47.2 Å². The van der Waals surface area contributed by atoms with Crippen LogP contribution in [0.5, 0.6) is 0 Å². The van der Waals surface area contributed by atoms with E-state index in [2.05, 4.69) is 24.4 Å². The minimum absolute atomic E-state index is 0.194. The molecule has 3 nitrogen and oxygen atoms in total. The molecule has 1 heterocycles. The standard InChI is InChI=1S/C14H17NO2S/c1-10(11-6-4-3-5-7-11)15-13-9-18-8-12(13)14(16)17-2/h3-7,10,15H,8-9H2,1-2H3/t10-/m1/s1. The van der Waals surface area contributed by atoms with Gasteiger partial charge >= 0.3 is 5.97 Å². The first kappa shape index (κ1) is 13.0. The van der Waals surface area contributed by atoms with Gasteiger partial charge in [0.1, 0.15) is 0 Å². The van der Waals surface area contributed by atoms with Gasteiger partial charge in [0.05, 0.1) is 12.7 Å². The lowest BCUT2D eigenvalue weighted by Gasteiger charge is -2.17. The van der Waals surface area contributed by atoms with Gasteiger partial charge in [-0.2, -0.15) is 11.8 Å². The van der Waals surface area contributed by atoms with Gasteiger partial charge in [-0.15, -0.1) is 0 Å². The van der Waals surface area contributed by atoms with Crippen molar-refractivity contribution >= 4 is 17.7 Å². The van der Waals surface area contributed by atoms with Crippen LogP contribution in [0.3, 0.4) is 0 Å². The number of hydrogen-bond acceptors (Lipinski definition) is 4. The van der Waals surface area contributed by atoms with Crippen molar-refractivity contribution in [2.24, 2.45) is 0 Å². The fraction of sp³-hybridized carbons (Fsp3) is 0.357. The molecule has 1 atom stereocenters. The highest BCUT2D eigenvalue weighted by Crippen LogP contribution is 2.26. The first-order chi connectivity index (χ1) is 8.72. The van der Waals surface area contributed by atoms with Gasteiger partial charge in [-0.1, -0.05) is 30.3 Å². The zero-order chi connectivity index (χ0) is 13.0. The number of benzene rings is 1. The van der Waals surface area contributed by atoms with E-state index in [1.807, 2.05) is 18.2 Å². The molecule has 0 unspecified atom stereocenters. The SMILES string of the molecule is COC(=O)C1=C(N[C@H](C)c2ccccc2)CSC1. The summed E-state index contributed by atoms with van der Waals surface area (Å²) in [6.07, 6.45) is 0. The summed E-state index contributed by atoms with van der Waals surface area (Å²) in [5.41, 5.74) is 2.99. The Morgan fingerprint density at radius 2 is 2.06 bits per heavy atom. The van der Waals surface area contributed by atoms with Crippen LogP contribution in [-0.4, -0.2) is 24.6 Å². The molecule has 18 heavy (non-hydrogen) atoms. The smallest absolute Gasteiger partial charge is 0.336 e. The maximum atomic E-state index is 11.6. The van der Waals surface area contributed by atoms with E-state index < -0.39 is 0 Å². The molecular formula is C14H17NO2S. The lowest BCUT2D eigenvalue weighted by atomic mass is 10.1. The number of esters is 1. The zero-order valence-electron chi connectivity index (χ0n) is 10.6. The normalized spacial score (nSPS) is 16.6. The van der Waals surface area contributed by atoms with E-state index in [-0.39, 0.29) is 12.0 Å². The van der Waals surface area contributed by atoms with Crippen LogP contribution in [0, 0.1) is 0 Å². The molecule has 0 aromatic heterocycles. The Morgan fingerprint density at radius 1 is 1.33 bits per heavy atom. The minimum atomic E-state index is -0.220. The van der Waals surface area contributed by atoms with Gasteiger partial charge in [-0.3, -0.25) is 0 Å². The minimum Gasteiger partial charge on any atom is -0.466 e. The molecule has 1 aliphatic rings. The molecule has 1 N–H and O–H groups in total. The number of carbonyl (C=O) groups excluding carboxylic acids is 1. The Bertz CT molecular complexity index is 456. The summed E-state index contributed by atoms with van der Waals surface area (Å²) in [6.45, 7) is 2.10. The summed E-state index contributed by atoms with van der Waals surface area (Å²) in [4.78, 5) is 11.6. The van der Waals surface area contributed by atoms with Gasteiger partial charge in [0, 0.05) is 23.2 Å². The molecule has 0 amide bonds. The predicted molar refractivity (Wildman–Crippen MR) is 74.4 cm³/mol. The molecular weight excluding hydrogens is 246 g/mol. The topological polar surface area (TPSA) is 38.3 Å². The molecule has 2 rings (SSSR count). The average Bonchev–Trinajstić information content (AvgIpc) is 2.87. The predicted octanol–water partition coefficient (Wildman–Crippen LogP) is 2.51. The maximum Gasteiger partial charge on any atom is 0.336 e. The van der Waals surface area contributed by atoms with Gasteiger partial charge in [0.2, 0.25) is 0 Å². The van der Waals surface area contributed by atoms with Crippen LogP contribution < -0.4 is 5.32 Å². The number of methoxy groups -OCH3 is 1. The third-order valence-electron chi connectivity index (χ3n) is 2.98. The van der Waals surface area contributed by atoms with Gasteiger partial charge in [-0.25, -0.2) is 4.79 Å². The van der Waals surface area contributed by atoms with Crippen LogP contribution in [0.25, 0.3) is 0 Å². The quantitative estimate of drug-likeness (QED) is 0.847. The number of carbonyl (C=O) groups is 1. The second kappa shape index (κ2) is 5.96. The van der Waals surface area contributed by atoms with Crippen LogP contribution in [-0.2, 0) is 9.53 Å². The lowest BCUT2D eigenvalue weighted by molar-refractivity contribution is -0.136. The van der Waals surface area contributed by atoms with Crippen LogP contribution in [0.1, 0.15) is 18.5 Å². The molecule has 96 valence electrons. The summed E-state index contributed by atoms with van der Waals surface area (Å²) < 4.78 is 4.80. The molecule has 0 radical (unpaired) electrons. The first-order valence-corrected chi connectivity index (χ1v) is 7.07. The Hall–Kier alpha value is -1.42. The molecule has 1 aliphatic heterocycles. The van der Waals surface area contributed by atoms with Crippen LogP contribution in [0.15, 0.2) is 41.6 Å². The molecule has 1 aromatic rings. The average molecular weight is 263 g/mol. The molecule has 0 aliphatic carbocycles. The van der Waals surface area contributed by atoms with Crippen molar-refractivity contribution in [2.45, 2.75) is 13.0 Å².